The van der Waals surface area contributed by atoms with Crippen LogP contribution in [0.4, 0.5) is 4.79 Å². The number of aliphatic hydroxyl groups is 1. The van der Waals surface area contributed by atoms with E-state index in [4.69, 9.17) is 16.3 Å². The van der Waals surface area contributed by atoms with Crippen molar-refractivity contribution >= 4 is 17.6 Å². The molecule has 0 spiro atoms. The van der Waals surface area contributed by atoms with Gasteiger partial charge in [-0.15, -0.1) is 0 Å². The van der Waals surface area contributed by atoms with Gasteiger partial charge >= 0.3 is 6.03 Å². The Morgan fingerprint density at radius 3 is 3.00 bits per heavy atom. The van der Waals surface area contributed by atoms with Gasteiger partial charge in [0, 0.05) is 37.1 Å². The van der Waals surface area contributed by atoms with Crippen LogP contribution in [-0.2, 0) is 6.54 Å². The molecule has 2 amide bonds. The average molecular weight is 353 g/mol. The predicted octanol–water partition coefficient (Wildman–Crippen LogP) is 1.58. The summed E-state index contributed by atoms with van der Waals surface area (Å²) in [4.78, 5) is 15.5. The van der Waals surface area contributed by atoms with E-state index in [0.29, 0.717) is 23.9 Å². The van der Waals surface area contributed by atoms with Crippen molar-refractivity contribution in [3.63, 3.8) is 0 Å². The van der Waals surface area contributed by atoms with Gasteiger partial charge in [-0.1, -0.05) is 11.6 Å². The number of urea groups is 1. The van der Waals surface area contributed by atoms with Gasteiger partial charge in [-0.2, -0.15) is 0 Å². The first-order valence-electron chi connectivity index (χ1n) is 7.59. The van der Waals surface area contributed by atoms with E-state index in [1.165, 1.54) is 0 Å². The maximum absolute atomic E-state index is 11.6. The first-order valence-corrected chi connectivity index (χ1v) is 7.97. The van der Waals surface area contributed by atoms with Crippen molar-refractivity contribution in [2.75, 3.05) is 19.7 Å². The topological polar surface area (TPSA) is 88.4 Å². The second-order valence-electron chi connectivity index (χ2n) is 5.31. The number of nitrogens with one attached hydrogen (secondary N) is 2. The molecule has 1 heterocycles. The number of hydrogen-bond acceptors (Lipinski definition) is 4. The average Bonchev–Trinajstić information content (AvgIpc) is 3.07. The number of carbonyl (C=O) groups is 1. The minimum absolute atomic E-state index is 0.0798. The van der Waals surface area contributed by atoms with Crippen molar-refractivity contribution in [1.29, 1.82) is 0 Å². The highest BCUT2D eigenvalue weighted by atomic mass is 35.5. The lowest BCUT2D eigenvalue weighted by Gasteiger charge is -2.14. The van der Waals surface area contributed by atoms with E-state index in [1.54, 1.807) is 30.7 Å². The molecule has 0 aliphatic carbocycles. The van der Waals surface area contributed by atoms with E-state index < -0.39 is 6.10 Å². The molecule has 1 unspecified atom stereocenters. The Labute approximate surface area is 145 Å². The normalized spacial score (nSPS) is 11.8. The Morgan fingerprint density at radius 1 is 1.46 bits per heavy atom. The summed E-state index contributed by atoms with van der Waals surface area (Å²) in [6, 6.07) is 4.94. The lowest BCUT2D eigenvalue weighted by molar-refractivity contribution is 0.108. The number of carbonyl (C=O) groups excluding carboxylic acids is 1. The lowest BCUT2D eigenvalue weighted by atomic mass is 10.2. The largest absolute Gasteiger partial charge is 0.491 e. The molecule has 7 nitrogen and oxygen atoms in total. The number of aromatic nitrogens is 2. The summed E-state index contributed by atoms with van der Waals surface area (Å²) in [5.74, 6) is 0.626. The van der Waals surface area contributed by atoms with Gasteiger partial charge in [0.15, 0.2) is 0 Å². The third kappa shape index (κ3) is 6.10. The second kappa shape index (κ2) is 9.14. The monoisotopic (exact) mass is 352 g/mol. The number of rotatable bonds is 8. The molecule has 24 heavy (non-hydrogen) atoms. The van der Waals surface area contributed by atoms with Gasteiger partial charge in [0.05, 0.1) is 6.33 Å². The van der Waals surface area contributed by atoms with Gasteiger partial charge in [0.2, 0.25) is 0 Å². The second-order valence-corrected chi connectivity index (χ2v) is 5.72. The maximum atomic E-state index is 11.6. The highest BCUT2D eigenvalue weighted by Gasteiger charge is 2.08. The number of hydrogen-bond donors (Lipinski definition) is 3. The van der Waals surface area contributed by atoms with Gasteiger partial charge in [-0.25, -0.2) is 9.78 Å². The van der Waals surface area contributed by atoms with Crippen LogP contribution in [-0.4, -0.2) is 46.5 Å². The Bertz CT molecular complexity index is 649. The molecule has 0 aliphatic heterocycles. The van der Waals surface area contributed by atoms with E-state index in [-0.39, 0.29) is 19.2 Å². The van der Waals surface area contributed by atoms with Crippen LogP contribution in [0.15, 0.2) is 36.9 Å². The first-order chi connectivity index (χ1) is 11.5. The number of halogens is 1. The molecule has 0 saturated carbocycles. The minimum atomic E-state index is -0.805. The number of nitrogens with zero attached hydrogens (tertiary/aromatic N) is 2. The zero-order valence-corrected chi connectivity index (χ0v) is 14.2. The molecule has 2 aromatic rings. The molecule has 1 aromatic carbocycles. The van der Waals surface area contributed by atoms with E-state index in [9.17, 15) is 9.90 Å². The Balaban J connectivity index is 1.60. The highest BCUT2D eigenvalue weighted by Crippen LogP contribution is 2.20. The van der Waals surface area contributed by atoms with Gasteiger partial charge in [0.1, 0.15) is 18.5 Å². The summed E-state index contributed by atoms with van der Waals surface area (Å²) >= 11 is 5.94. The molecule has 1 atom stereocenters. The SMILES string of the molecule is Cc1cc(OCC(O)CNC(=O)NCCn2ccnc2)ccc1Cl. The number of amides is 2. The van der Waals surface area contributed by atoms with Crippen LogP contribution in [0.2, 0.25) is 5.02 Å². The first kappa shape index (κ1) is 18.1. The molecular weight excluding hydrogens is 332 g/mol. The zero-order chi connectivity index (χ0) is 17.4. The van der Waals surface area contributed by atoms with Crippen LogP contribution in [0.5, 0.6) is 5.75 Å². The van der Waals surface area contributed by atoms with Crippen LogP contribution >= 0.6 is 11.6 Å². The number of aryl methyl sites for hydroxylation is 1. The predicted molar refractivity (Wildman–Crippen MR) is 91.3 cm³/mol. The third-order valence-electron chi connectivity index (χ3n) is 3.28. The van der Waals surface area contributed by atoms with Crippen LogP contribution in [0.3, 0.4) is 0 Å². The smallest absolute Gasteiger partial charge is 0.314 e. The molecular formula is C16H21ClN4O3. The van der Waals surface area contributed by atoms with Crippen LogP contribution in [0.25, 0.3) is 0 Å². The van der Waals surface area contributed by atoms with Crippen LogP contribution in [0.1, 0.15) is 5.56 Å². The van der Waals surface area contributed by atoms with E-state index in [1.807, 2.05) is 17.7 Å². The molecule has 0 radical (unpaired) electrons. The Kier molecular flexibility index (Phi) is 6.89. The highest BCUT2D eigenvalue weighted by molar-refractivity contribution is 6.31. The van der Waals surface area contributed by atoms with Gasteiger partial charge < -0.3 is 25.0 Å². The van der Waals surface area contributed by atoms with Crippen LogP contribution < -0.4 is 15.4 Å². The summed E-state index contributed by atoms with van der Waals surface area (Å²) in [5.41, 5.74) is 0.902. The van der Waals surface area contributed by atoms with Gasteiger partial charge in [-0.05, 0) is 30.7 Å². The fourth-order valence-electron chi connectivity index (χ4n) is 1.95. The quantitative estimate of drug-likeness (QED) is 0.673. The molecule has 8 heteroatoms. The van der Waals surface area contributed by atoms with Gasteiger partial charge in [-0.3, -0.25) is 0 Å². The standard InChI is InChI=1S/C16H21ClN4O3/c1-12-8-14(2-3-15(12)17)24-10-13(22)9-20-16(23)19-5-7-21-6-4-18-11-21/h2-4,6,8,11,13,22H,5,7,9-10H2,1H3,(H2,19,20,23). The zero-order valence-electron chi connectivity index (χ0n) is 13.4. The van der Waals surface area contributed by atoms with E-state index in [0.717, 1.165) is 5.56 Å². The van der Waals surface area contributed by atoms with E-state index in [2.05, 4.69) is 15.6 Å². The third-order valence-corrected chi connectivity index (χ3v) is 3.71. The Hall–Kier alpha value is -2.25. The summed E-state index contributed by atoms with van der Waals surface area (Å²) in [6.45, 7) is 3.16. The lowest BCUT2D eigenvalue weighted by Crippen LogP contribution is -2.42. The molecule has 2 rings (SSSR count). The summed E-state index contributed by atoms with van der Waals surface area (Å²) in [6.07, 6.45) is 4.37. The van der Waals surface area contributed by atoms with Gasteiger partial charge in [0.25, 0.3) is 0 Å². The number of imidazole rings is 1. The minimum Gasteiger partial charge on any atom is -0.491 e. The van der Waals surface area contributed by atoms with E-state index >= 15 is 0 Å². The van der Waals surface area contributed by atoms with Crippen LogP contribution in [0, 0.1) is 6.92 Å². The number of ether oxygens (including phenoxy) is 1. The van der Waals surface area contributed by atoms with Crippen molar-refractivity contribution in [3.05, 3.63) is 47.5 Å². The van der Waals surface area contributed by atoms with Crippen molar-refractivity contribution in [3.8, 4) is 5.75 Å². The van der Waals surface area contributed by atoms with Crippen molar-refractivity contribution in [2.24, 2.45) is 0 Å². The molecule has 0 bridgehead atoms. The van der Waals surface area contributed by atoms with Crippen molar-refractivity contribution in [2.45, 2.75) is 19.6 Å². The summed E-state index contributed by atoms with van der Waals surface area (Å²) < 4.78 is 7.33. The molecule has 0 saturated heterocycles. The summed E-state index contributed by atoms with van der Waals surface area (Å²) in [7, 11) is 0. The Morgan fingerprint density at radius 2 is 2.29 bits per heavy atom. The fraction of sp³-hybridized carbons (Fsp3) is 0.375. The van der Waals surface area contributed by atoms with Crippen molar-refractivity contribution < 1.29 is 14.6 Å². The molecule has 130 valence electrons. The van der Waals surface area contributed by atoms with Crippen molar-refractivity contribution in [1.82, 2.24) is 20.2 Å². The number of aliphatic hydroxyl groups excluding tert-OH is 1. The fourth-order valence-corrected chi connectivity index (χ4v) is 2.07. The molecule has 0 fully saturated rings. The molecule has 3 N–H and O–H groups in total. The summed E-state index contributed by atoms with van der Waals surface area (Å²) in [5, 5.41) is 15.8. The molecule has 0 aliphatic rings. The molecule has 1 aromatic heterocycles. The number of benzene rings is 1. The maximum Gasteiger partial charge on any atom is 0.314 e.